The van der Waals surface area contributed by atoms with Crippen LogP contribution >= 0.6 is 0 Å². The monoisotopic (exact) mass is 403 g/mol. The van der Waals surface area contributed by atoms with Crippen LogP contribution in [0, 0.1) is 0 Å². The number of piperidine rings is 1. The number of carboxylic acid groups (broad SMARTS) is 1. The van der Waals surface area contributed by atoms with Gasteiger partial charge in [-0.2, -0.15) is 0 Å². The van der Waals surface area contributed by atoms with Gasteiger partial charge in [0.2, 0.25) is 0 Å². The lowest BCUT2D eigenvalue weighted by atomic mass is 10.0. The molecule has 1 saturated heterocycles. The summed E-state index contributed by atoms with van der Waals surface area (Å²) in [6, 6.07) is 22.6. The third-order valence-corrected chi connectivity index (χ3v) is 5.21. The number of hydrogen-bond donors (Lipinski definition) is 2. The highest BCUT2D eigenvalue weighted by molar-refractivity contribution is 5.89. The van der Waals surface area contributed by atoms with Crippen molar-refractivity contribution in [2.75, 3.05) is 13.1 Å². The predicted octanol–water partition coefficient (Wildman–Crippen LogP) is 4.76. The highest BCUT2D eigenvalue weighted by Gasteiger charge is 2.14. The van der Waals surface area contributed by atoms with Crippen LogP contribution in [0.2, 0.25) is 0 Å². The zero-order valence-corrected chi connectivity index (χ0v) is 16.7. The molecule has 0 amide bonds. The molecule has 1 heterocycles. The summed E-state index contributed by atoms with van der Waals surface area (Å²) in [5.41, 5.74) is 3.17. The quantitative estimate of drug-likeness (QED) is 0.595. The molecule has 0 unspecified atom stereocenters. The molecule has 0 saturated carbocycles. The van der Waals surface area contributed by atoms with Crippen molar-refractivity contribution in [2.45, 2.75) is 25.6 Å². The number of carboxylic acids is 1. The number of rotatable bonds is 7. The van der Waals surface area contributed by atoms with Gasteiger partial charge in [0.25, 0.3) is 0 Å². The number of hydrogen-bond acceptors (Lipinski definition) is 4. The van der Waals surface area contributed by atoms with Gasteiger partial charge in [0.15, 0.2) is 0 Å². The van der Waals surface area contributed by atoms with E-state index in [0.717, 1.165) is 54.1 Å². The molecular formula is C25H25NO4. The molecule has 5 heteroatoms. The number of nitrogens with one attached hydrogen (secondary N) is 1. The smallest absolute Gasteiger partial charge is 0.335 e. The average molecular weight is 403 g/mol. The van der Waals surface area contributed by atoms with E-state index in [1.807, 2.05) is 54.6 Å². The highest BCUT2D eigenvalue weighted by Crippen LogP contribution is 2.24. The summed E-state index contributed by atoms with van der Waals surface area (Å²) < 4.78 is 11.9. The summed E-state index contributed by atoms with van der Waals surface area (Å²) in [4.78, 5) is 11.1. The van der Waals surface area contributed by atoms with Crippen LogP contribution < -0.4 is 14.8 Å². The number of carbonyl (C=O) groups is 1. The second kappa shape index (κ2) is 9.46. The van der Waals surface area contributed by atoms with E-state index >= 15 is 0 Å². The van der Waals surface area contributed by atoms with Gasteiger partial charge in [-0.1, -0.05) is 36.4 Å². The first kappa shape index (κ1) is 20.0. The van der Waals surface area contributed by atoms with E-state index in [4.69, 9.17) is 14.6 Å². The maximum absolute atomic E-state index is 11.1. The van der Waals surface area contributed by atoms with Crippen LogP contribution in [0.4, 0.5) is 0 Å². The zero-order chi connectivity index (χ0) is 20.8. The third kappa shape index (κ3) is 5.19. The van der Waals surface area contributed by atoms with Crippen molar-refractivity contribution in [1.82, 2.24) is 5.32 Å². The summed E-state index contributed by atoms with van der Waals surface area (Å²) in [5, 5.41) is 12.5. The Morgan fingerprint density at radius 1 is 0.900 bits per heavy atom. The van der Waals surface area contributed by atoms with E-state index in [2.05, 4.69) is 5.32 Å². The lowest BCUT2D eigenvalue weighted by Crippen LogP contribution is -2.34. The van der Waals surface area contributed by atoms with Gasteiger partial charge in [-0.05, 0) is 79.0 Å². The first-order valence-electron chi connectivity index (χ1n) is 10.2. The van der Waals surface area contributed by atoms with Crippen molar-refractivity contribution in [3.8, 4) is 22.6 Å². The Morgan fingerprint density at radius 3 is 2.30 bits per heavy atom. The second-order valence-electron chi connectivity index (χ2n) is 7.41. The van der Waals surface area contributed by atoms with Crippen LogP contribution in [-0.4, -0.2) is 30.3 Å². The van der Waals surface area contributed by atoms with Crippen LogP contribution in [0.1, 0.15) is 28.8 Å². The Kier molecular flexibility index (Phi) is 6.30. The largest absolute Gasteiger partial charge is 0.490 e. The molecule has 0 aromatic heterocycles. The topological polar surface area (TPSA) is 67.8 Å². The van der Waals surface area contributed by atoms with Crippen molar-refractivity contribution >= 4 is 5.97 Å². The first-order chi connectivity index (χ1) is 14.7. The Bertz CT molecular complexity index is 977. The normalized spacial score (nSPS) is 14.3. The van der Waals surface area contributed by atoms with Crippen LogP contribution in [-0.2, 0) is 6.61 Å². The average Bonchev–Trinajstić information content (AvgIpc) is 2.80. The molecule has 1 aliphatic heterocycles. The Hall–Kier alpha value is -3.31. The SMILES string of the molecule is O=C(O)c1cccc(-c2ccc(OCc3ccc(OC4CCNCC4)cc3)cc2)c1. The molecular weight excluding hydrogens is 378 g/mol. The summed E-state index contributed by atoms with van der Waals surface area (Å²) in [6.45, 7) is 2.50. The van der Waals surface area contributed by atoms with E-state index in [-0.39, 0.29) is 5.56 Å². The van der Waals surface area contributed by atoms with E-state index in [1.54, 1.807) is 18.2 Å². The minimum Gasteiger partial charge on any atom is -0.490 e. The van der Waals surface area contributed by atoms with Crippen LogP contribution in [0.15, 0.2) is 72.8 Å². The maximum Gasteiger partial charge on any atom is 0.335 e. The van der Waals surface area contributed by atoms with Gasteiger partial charge in [-0.3, -0.25) is 0 Å². The lowest BCUT2D eigenvalue weighted by molar-refractivity contribution is 0.0697. The number of ether oxygens (including phenoxy) is 2. The van der Waals surface area contributed by atoms with Crippen LogP contribution in [0.5, 0.6) is 11.5 Å². The molecule has 1 fully saturated rings. The molecule has 3 aromatic rings. The molecule has 3 aromatic carbocycles. The third-order valence-electron chi connectivity index (χ3n) is 5.21. The fourth-order valence-corrected chi connectivity index (χ4v) is 3.51. The molecule has 154 valence electrons. The van der Waals surface area contributed by atoms with Crippen LogP contribution in [0.3, 0.4) is 0 Å². The molecule has 1 aliphatic rings. The zero-order valence-electron chi connectivity index (χ0n) is 16.7. The molecule has 2 N–H and O–H groups in total. The molecule has 30 heavy (non-hydrogen) atoms. The van der Waals surface area contributed by atoms with Crippen molar-refractivity contribution in [3.63, 3.8) is 0 Å². The van der Waals surface area contributed by atoms with E-state index in [9.17, 15) is 4.79 Å². The van der Waals surface area contributed by atoms with Gasteiger partial charge in [-0.15, -0.1) is 0 Å². The van der Waals surface area contributed by atoms with E-state index in [0.29, 0.717) is 12.7 Å². The van der Waals surface area contributed by atoms with Crippen molar-refractivity contribution in [2.24, 2.45) is 0 Å². The van der Waals surface area contributed by atoms with E-state index < -0.39 is 5.97 Å². The summed E-state index contributed by atoms with van der Waals surface area (Å²) >= 11 is 0. The van der Waals surface area contributed by atoms with Crippen molar-refractivity contribution in [3.05, 3.63) is 83.9 Å². The standard InChI is InChI=1S/C25H25NO4/c27-25(28)21-3-1-2-20(16-21)19-6-10-22(11-7-19)29-17-18-4-8-23(9-5-18)30-24-12-14-26-15-13-24/h1-11,16,24,26H,12-15,17H2,(H,27,28). The molecule has 5 nitrogen and oxygen atoms in total. The van der Waals surface area contributed by atoms with Crippen molar-refractivity contribution in [1.29, 1.82) is 0 Å². The lowest BCUT2D eigenvalue weighted by Gasteiger charge is -2.23. The van der Waals surface area contributed by atoms with E-state index in [1.165, 1.54) is 0 Å². The fraction of sp³-hybridized carbons (Fsp3) is 0.240. The summed E-state index contributed by atoms with van der Waals surface area (Å²) in [5.74, 6) is 0.741. The Morgan fingerprint density at radius 2 is 1.60 bits per heavy atom. The molecule has 0 spiro atoms. The number of aromatic carboxylic acids is 1. The molecule has 4 rings (SSSR count). The maximum atomic E-state index is 11.1. The molecule has 0 radical (unpaired) electrons. The van der Waals surface area contributed by atoms with Gasteiger partial charge >= 0.3 is 5.97 Å². The van der Waals surface area contributed by atoms with Crippen molar-refractivity contribution < 1.29 is 19.4 Å². The Labute approximate surface area is 176 Å². The summed E-state index contributed by atoms with van der Waals surface area (Å²) in [6.07, 6.45) is 2.38. The molecule has 0 aliphatic carbocycles. The first-order valence-corrected chi connectivity index (χ1v) is 10.2. The van der Waals surface area contributed by atoms with Crippen LogP contribution in [0.25, 0.3) is 11.1 Å². The van der Waals surface area contributed by atoms with Gasteiger partial charge in [0.1, 0.15) is 24.2 Å². The van der Waals surface area contributed by atoms with Gasteiger partial charge in [-0.25, -0.2) is 4.79 Å². The Balaban J connectivity index is 1.32. The fourth-order valence-electron chi connectivity index (χ4n) is 3.51. The second-order valence-corrected chi connectivity index (χ2v) is 7.41. The van der Waals surface area contributed by atoms with Gasteiger partial charge < -0.3 is 19.9 Å². The van der Waals surface area contributed by atoms with Gasteiger partial charge in [0, 0.05) is 0 Å². The summed E-state index contributed by atoms with van der Waals surface area (Å²) in [7, 11) is 0. The minimum atomic E-state index is -0.927. The predicted molar refractivity (Wildman–Crippen MR) is 116 cm³/mol. The molecule has 0 bridgehead atoms. The number of benzene rings is 3. The minimum absolute atomic E-state index is 0.278. The highest BCUT2D eigenvalue weighted by atomic mass is 16.5. The van der Waals surface area contributed by atoms with Gasteiger partial charge in [0.05, 0.1) is 5.56 Å². The molecule has 0 atom stereocenters.